The van der Waals surface area contributed by atoms with Crippen molar-refractivity contribution in [1.82, 2.24) is 5.43 Å². The second-order valence-corrected chi connectivity index (χ2v) is 6.90. The van der Waals surface area contributed by atoms with Crippen LogP contribution in [0.2, 0.25) is 5.02 Å². The minimum Gasteiger partial charge on any atom is -0.486 e. The lowest BCUT2D eigenvalue weighted by Crippen LogP contribution is -2.19. The summed E-state index contributed by atoms with van der Waals surface area (Å²) >= 11 is 6.01. The van der Waals surface area contributed by atoms with Crippen molar-refractivity contribution < 1.29 is 23.8 Å². The Morgan fingerprint density at radius 3 is 2.48 bits per heavy atom. The first-order valence-corrected chi connectivity index (χ1v) is 9.78. The van der Waals surface area contributed by atoms with Gasteiger partial charge in [0.25, 0.3) is 5.91 Å². The summed E-state index contributed by atoms with van der Waals surface area (Å²) in [6.45, 7) is 0.931. The van der Waals surface area contributed by atoms with Gasteiger partial charge in [0.2, 0.25) is 0 Å². The lowest BCUT2D eigenvalue weighted by atomic mass is 10.2. The second kappa shape index (κ2) is 9.32. The molecule has 31 heavy (non-hydrogen) atoms. The van der Waals surface area contributed by atoms with E-state index in [1.54, 1.807) is 66.7 Å². The van der Waals surface area contributed by atoms with Crippen molar-refractivity contribution in [2.45, 2.75) is 0 Å². The lowest BCUT2D eigenvalue weighted by Gasteiger charge is -2.18. The van der Waals surface area contributed by atoms with Crippen molar-refractivity contribution in [2.75, 3.05) is 13.2 Å². The molecule has 4 rings (SSSR count). The molecule has 0 fully saturated rings. The number of hydrogen-bond acceptors (Lipinski definition) is 6. The van der Waals surface area contributed by atoms with E-state index >= 15 is 0 Å². The number of fused-ring (bicyclic) bond motifs is 1. The van der Waals surface area contributed by atoms with Crippen LogP contribution in [0.25, 0.3) is 0 Å². The van der Waals surface area contributed by atoms with Crippen LogP contribution < -0.4 is 19.6 Å². The quantitative estimate of drug-likeness (QED) is 0.282. The summed E-state index contributed by atoms with van der Waals surface area (Å²) in [6, 6.07) is 18.3. The van der Waals surface area contributed by atoms with E-state index in [0.717, 1.165) is 0 Å². The zero-order valence-electron chi connectivity index (χ0n) is 16.2. The normalized spacial score (nSPS) is 12.4. The number of rotatable bonds is 5. The van der Waals surface area contributed by atoms with Crippen LogP contribution in [0, 0.1) is 0 Å². The van der Waals surface area contributed by atoms with E-state index in [9.17, 15) is 9.59 Å². The Morgan fingerprint density at radius 1 is 0.968 bits per heavy atom. The minimum absolute atomic E-state index is 0.289. The highest BCUT2D eigenvalue weighted by Crippen LogP contribution is 2.30. The molecular formula is C23H17ClN2O5. The number of hydrazone groups is 1. The number of esters is 1. The van der Waals surface area contributed by atoms with Gasteiger partial charge in [0, 0.05) is 5.56 Å². The zero-order valence-corrected chi connectivity index (χ0v) is 17.0. The van der Waals surface area contributed by atoms with Gasteiger partial charge in [0.05, 0.1) is 16.8 Å². The molecule has 0 aliphatic carbocycles. The maximum Gasteiger partial charge on any atom is 0.345 e. The van der Waals surface area contributed by atoms with Gasteiger partial charge in [-0.05, 0) is 60.2 Å². The third-order valence-electron chi connectivity index (χ3n) is 4.37. The molecule has 0 aromatic heterocycles. The molecule has 3 aromatic rings. The number of carbonyl (C=O) groups is 2. The van der Waals surface area contributed by atoms with Gasteiger partial charge in [-0.25, -0.2) is 10.2 Å². The van der Waals surface area contributed by atoms with Crippen molar-refractivity contribution >= 4 is 29.7 Å². The molecule has 1 amide bonds. The SMILES string of the molecule is O=C(N/N=C/c1ccc(OC(=O)c2ccccc2Cl)cc1)c1ccc2c(c1)OCCO2. The fraction of sp³-hybridized carbons (Fsp3) is 0.0870. The van der Waals surface area contributed by atoms with E-state index in [0.29, 0.717) is 46.6 Å². The fourth-order valence-corrected chi connectivity index (χ4v) is 3.04. The van der Waals surface area contributed by atoms with Gasteiger partial charge < -0.3 is 14.2 Å². The molecule has 0 saturated heterocycles. The summed E-state index contributed by atoms with van der Waals surface area (Å²) < 4.78 is 16.2. The van der Waals surface area contributed by atoms with Crippen molar-refractivity contribution in [3.8, 4) is 17.2 Å². The maximum absolute atomic E-state index is 12.3. The Balaban J connectivity index is 1.34. The Labute approximate surface area is 183 Å². The average Bonchev–Trinajstić information content (AvgIpc) is 2.80. The van der Waals surface area contributed by atoms with E-state index in [1.807, 2.05) is 0 Å². The molecule has 7 nitrogen and oxygen atoms in total. The van der Waals surface area contributed by atoms with Gasteiger partial charge in [0.15, 0.2) is 11.5 Å². The number of nitrogens with one attached hydrogen (secondary N) is 1. The predicted octanol–water partition coefficient (Wildman–Crippen LogP) is 4.09. The molecule has 1 aliphatic rings. The highest BCUT2D eigenvalue weighted by atomic mass is 35.5. The first kappa shape index (κ1) is 20.4. The van der Waals surface area contributed by atoms with Crippen LogP contribution in [0.15, 0.2) is 71.8 Å². The number of hydrogen-bond donors (Lipinski definition) is 1. The molecule has 0 spiro atoms. The summed E-state index contributed by atoms with van der Waals surface area (Å²) in [5, 5.41) is 4.28. The van der Waals surface area contributed by atoms with Crippen LogP contribution in [0.1, 0.15) is 26.3 Å². The van der Waals surface area contributed by atoms with Gasteiger partial charge in [-0.3, -0.25) is 4.79 Å². The number of amides is 1. The summed E-state index contributed by atoms with van der Waals surface area (Å²) in [7, 11) is 0. The number of carbonyl (C=O) groups excluding carboxylic acids is 2. The molecule has 1 aliphatic heterocycles. The summed E-state index contributed by atoms with van der Waals surface area (Å²) in [6.07, 6.45) is 1.48. The molecule has 3 aromatic carbocycles. The smallest absolute Gasteiger partial charge is 0.345 e. The van der Waals surface area contributed by atoms with Gasteiger partial charge >= 0.3 is 5.97 Å². The Hall–Kier alpha value is -3.84. The standard InChI is InChI=1S/C23H17ClN2O5/c24-19-4-2-1-3-18(19)23(28)31-17-8-5-15(6-9-17)14-25-26-22(27)16-7-10-20-21(13-16)30-12-11-29-20/h1-10,13-14H,11-12H2,(H,26,27)/b25-14+. The van der Waals surface area contributed by atoms with Crippen LogP contribution >= 0.6 is 11.6 Å². The Kier molecular flexibility index (Phi) is 6.14. The first-order chi connectivity index (χ1) is 15.1. The van der Waals surface area contributed by atoms with Gasteiger partial charge in [0.1, 0.15) is 19.0 Å². The molecule has 0 unspecified atom stereocenters. The van der Waals surface area contributed by atoms with Crippen molar-refractivity contribution in [3.05, 3.63) is 88.4 Å². The number of ether oxygens (including phenoxy) is 3. The van der Waals surface area contributed by atoms with Gasteiger partial charge in [-0.1, -0.05) is 23.7 Å². The third-order valence-corrected chi connectivity index (χ3v) is 4.70. The topological polar surface area (TPSA) is 86.2 Å². The largest absolute Gasteiger partial charge is 0.486 e. The van der Waals surface area contributed by atoms with Gasteiger partial charge in [-0.15, -0.1) is 0 Å². The van der Waals surface area contributed by atoms with E-state index in [2.05, 4.69) is 10.5 Å². The van der Waals surface area contributed by atoms with E-state index in [-0.39, 0.29) is 11.5 Å². The summed E-state index contributed by atoms with van der Waals surface area (Å²) in [5.74, 6) is 0.589. The Morgan fingerprint density at radius 2 is 1.71 bits per heavy atom. The predicted molar refractivity (Wildman–Crippen MR) is 115 cm³/mol. The van der Waals surface area contributed by atoms with Crippen LogP contribution in [0.5, 0.6) is 17.2 Å². The maximum atomic E-state index is 12.3. The molecular weight excluding hydrogens is 420 g/mol. The fourth-order valence-electron chi connectivity index (χ4n) is 2.83. The van der Waals surface area contributed by atoms with Gasteiger partial charge in [-0.2, -0.15) is 5.10 Å². The van der Waals surface area contributed by atoms with E-state index < -0.39 is 5.97 Å². The second-order valence-electron chi connectivity index (χ2n) is 6.50. The molecule has 0 atom stereocenters. The van der Waals surface area contributed by atoms with E-state index in [1.165, 1.54) is 6.21 Å². The van der Waals surface area contributed by atoms with Crippen molar-refractivity contribution in [1.29, 1.82) is 0 Å². The highest BCUT2D eigenvalue weighted by Gasteiger charge is 2.15. The molecule has 156 valence electrons. The molecule has 0 saturated carbocycles. The molecule has 0 bridgehead atoms. The zero-order chi connectivity index (χ0) is 21.6. The minimum atomic E-state index is -0.543. The van der Waals surface area contributed by atoms with Crippen molar-refractivity contribution in [3.63, 3.8) is 0 Å². The van der Waals surface area contributed by atoms with Crippen LogP contribution in [-0.4, -0.2) is 31.3 Å². The third kappa shape index (κ3) is 5.02. The monoisotopic (exact) mass is 436 g/mol. The molecule has 0 radical (unpaired) electrons. The number of nitrogens with zero attached hydrogens (tertiary/aromatic N) is 1. The number of halogens is 1. The van der Waals surface area contributed by atoms with E-state index in [4.69, 9.17) is 25.8 Å². The summed E-state index contributed by atoms with van der Waals surface area (Å²) in [4.78, 5) is 24.5. The lowest BCUT2D eigenvalue weighted by molar-refractivity contribution is 0.0734. The number of benzene rings is 3. The first-order valence-electron chi connectivity index (χ1n) is 9.40. The average molecular weight is 437 g/mol. The Bertz CT molecular complexity index is 1140. The molecule has 1 N–H and O–H groups in total. The van der Waals surface area contributed by atoms with Crippen molar-refractivity contribution in [2.24, 2.45) is 5.10 Å². The van der Waals surface area contributed by atoms with Crippen LogP contribution in [0.3, 0.4) is 0 Å². The summed E-state index contributed by atoms with van der Waals surface area (Å²) in [5.41, 5.74) is 3.87. The van der Waals surface area contributed by atoms with Crippen LogP contribution in [-0.2, 0) is 0 Å². The molecule has 8 heteroatoms. The van der Waals surface area contributed by atoms with Crippen LogP contribution in [0.4, 0.5) is 0 Å². The highest BCUT2D eigenvalue weighted by molar-refractivity contribution is 6.33. The molecule has 1 heterocycles.